The molecule has 0 spiro atoms. The van der Waals surface area contributed by atoms with Crippen LogP contribution >= 0.6 is 0 Å². The summed E-state index contributed by atoms with van der Waals surface area (Å²) < 4.78 is 5.68. The Morgan fingerprint density at radius 3 is 2.21 bits per heavy atom. The zero-order chi connectivity index (χ0) is 17.5. The van der Waals surface area contributed by atoms with Gasteiger partial charge in [-0.15, -0.1) is 15.0 Å². The molecule has 0 aliphatic carbocycles. The minimum absolute atomic E-state index is 0.0246. The van der Waals surface area contributed by atoms with Crippen LogP contribution in [0.2, 0.25) is 0 Å². The van der Waals surface area contributed by atoms with E-state index in [0.29, 0.717) is 11.0 Å². The highest BCUT2D eigenvalue weighted by atomic mass is 16.5. The number of aromatic nitrogens is 3. The molecule has 0 saturated heterocycles. The topological polar surface area (TPSA) is 97.5 Å². The van der Waals surface area contributed by atoms with Gasteiger partial charge in [0.15, 0.2) is 11.5 Å². The molecule has 2 N–H and O–H groups in total. The van der Waals surface area contributed by atoms with E-state index in [9.17, 15) is 15.0 Å². The number of rotatable bonds is 3. The Kier molecular flexibility index (Phi) is 3.63. The normalized spacial score (nSPS) is 11.6. The molecule has 0 amide bonds. The fourth-order valence-electron chi connectivity index (χ4n) is 2.24. The number of aromatic hydroxyl groups is 1. The molecule has 0 atom stereocenters. The van der Waals surface area contributed by atoms with Crippen LogP contribution in [-0.2, 0) is 0 Å². The molecule has 1 aromatic heterocycles. The van der Waals surface area contributed by atoms with Crippen molar-refractivity contribution in [1.82, 2.24) is 15.0 Å². The number of carboxylic acid groups (broad SMARTS) is 1. The zero-order valence-electron chi connectivity index (χ0n) is 13.5. The van der Waals surface area contributed by atoms with Gasteiger partial charge >= 0.3 is 5.97 Å². The predicted octanol–water partition coefficient (Wildman–Crippen LogP) is 3.00. The van der Waals surface area contributed by atoms with Crippen molar-refractivity contribution < 1.29 is 19.7 Å². The molecule has 0 aliphatic heterocycles. The Balaban J connectivity index is 2.20. The maximum Gasteiger partial charge on any atom is 0.335 e. The third-order valence-corrected chi connectivity index (χ3v) is 3.22. The minimum atomic E-state index is -1.13. The lowest BCUT2D eigenvalue weighted by atomic mass is 10.1. The Morgan fingerprint density at radius 1 is 1.12 bits per heavy atom. The molecular weight excluding hydrogens is 310 g/mol. The van der Waals surface area contributed by atoms with E-state index in [2.05, 4.69) is 10.2 Å². The number of benzene rings is 2. The Bertz CT molecular complexity index is 892. The van der Waals surface area contributed by atoms with E-state index < -0.39 is 11.6 Å². The monoisotopic (exact) mass is 327 g/mol. The zero-order valence-corrected chi connectivity index (χ0v) is 13.5. The van der Waals surface area contributed by atoms with Crippen LogP contribution in [0.4, 0.5) is 0 Å². The van der Waals surface area contributed by atoms with Crippen LogP contribution in [0.1, 0.15) is 31.1 Å². The summed E-state index contributed by atoms with van der Waals surface area (Å²) in [5, 5.41) is 28.4. The summed E-state index contributed by atoms with van der Waals surface area (Å²) in [6.45, 7) is 5.42. The van der Waals surface area contributed by atoms with E-state index in [1.54, 1.807) is 32.9 Å². The number of fused-ring (bicyclic) bond motifs is 1. The second-order valence-corrected chi connectivity index (χ2v) is 6.34. The van der Waals surface area contributed by atoms with E-state index in [0.717, 1.165) is 0 Å². The van der Waals surface area contributed by atoms with Gasteiger partial charge in [-0.1, -0.05) is 12.1 Å². The largest absolute Gasteiger partial charge is 0.503 e. The summed E-state index contributed by atoms with van der Waals surface area (Å²) in [4.78, 5) is 12.6. The van der Waals surface area contributed by atoms with Crippen molar-refractivity contribution in [2.24, 2.45) is 0 Å². The van der Waals surface area contributed by atoms with Gasteiger partial charge in [0, 0.05) is 0 Å². The van der Waals surface area contributed by atoms with Crippen molar-refractivity contribution in [2.75, 3.05) is 0 Å². The number of hydrogen-bond donors (Lipinski definition) is 2. The van der Waals surface area contributed by atoms with E-state index in [1.807, 2.05) is 12.1 Å². The summed E-state index contributed by atoms with van der Waals surface area (Å²) in [6, 6.07) is 9.81. The fourth-order valence-corrected chi connectivity index (χ4v) is 2.24. The average molecular weight is 327 g/mol. The van der Waals surface area contributed by atoms with Crippen molar-refractivity contribution in [3.05, 3.63) is 42.0 Å². The first-order chi connectivity index (χ1) is 11.2. The second kappa shape index (κ2) is 5.52. The molecule has 124 valence electrons. The van der Waals surface area contributed by atoms with Gasteiger partial charge in [-0.05, 0) is 45.0 Å². The van der Waals surface area contributed by atoms with Gasteiger partial charge in [-0.2, -0.15) is 0 Å². The summed E-state index contributed by atoms with van der Waals surface area (Å²) in [5.41, 5.74) is 0.786. The molecule has 0 fully saturated rings. The van der Waals surface area contributed by atoms with Crippen LogP contribution in [0.15, 0.2) is 36.4 Å². The van der Waals surface area contributed by atoms with Gasteiger partial charge in [-0.3, -0.25) is 0 Å². The average Bonchev–Trinajstić information content (AvgIpc) is 2.91. The molecule has 0 aliphatic rings. The summed E-state index contributed by atoms with van der Waals surface area (Å²) in [5.74, 6) is -1.28. The molecular formula is C17H17N3O4. The van der Waals surface area contributed by atoms with Crippen molar-refractivity contribution in [3.63, 3.8) is 0 Å². The van der Waals surface area contributed by atoms with E-state index >= 15 is 0 Å². The van der Waals surface area contributed by atoms with Gasteiger partial charge in [0.05, 0.1) is 5.56 Å². The Hall–Kier alpha value is -3.09. The quantitative estimate of drug-likeness (QED) is 0.767. The number of ether oxygens (including phenoxy) is 1. The molecule has 0 unspecified atom stereocenters. The number of carboxylic acids is 1. The van der Waals surface area contributed by atoms with Gasteiger partial charge in [0.25, 0.3) is 0 Å². The van der Waals surface area contributed by atoms with Crippen molar-refractivity contribution in [3.8, 4) is 17.2 Å². The lowest BCUT2D eigenvalue weighted by molar-refractivity contribution is 0.0694. The van der Waals surface area contributed by atoms with Crippen LogP contribution < -0.4 is 4.74 Å². The standard InChI is InChI=1S/C17H17N3O4/c1-17(2,3)24-14-9-10(16(22)23)8-13(15(14)21)20-18-11-6-4-5-7-12(11)19-20/h4-9,21H,1-3H3,(H,22,23). The highest BCUT2D eigenvalue weighted by Crippen LogP contribution is 2.36. The number of phenolic OH excluding ortho intramolecular Hbond substituents is 1. The number of aromatic carboxylic acids is 1. The van der Waals surface area contributed by atoms with E-state index in [1.165, 1.54) is 16.9 Å². The second-order valence-electron chi connectivity index (χ2n) is 6.34. The van der Waals surface area contributed by atoms with Crippen LogP contribution in [0.25, 0.3) is 16.7 Å². The van der Waals surface area contributed by atoms with Crippen LogP contribution in [0.3, 0.4) is 0 Å². The molecule has 3 aromatic rings. The highest BCUT2D eigenvalue weighted by Gasteiger charge is 2.22. The first kappa shape index (κ1) is 15.8. The maximum atomic E-state index is 11.4. The van der Waals surface area contributed by atoms with Gasteiger partial charge < -0.3 is 14.9 Å². The van der Waals surface area contributed by atoms with Crippen molar-refractivity contribution >= 4 is 17.0 Å². The summed E-state index contributed by atoms with van der Waals surface area (Å²) in [7, 11) is 0. The van der Waals surface area contributed by atoms with Crippen LogP contribution in [0.5, 0.6) is 11.5 Å². The first-order valence-corrected chi connectivity index (χ1v) is 7.36. The minimum Gasteiger partial charge on any atom is -0.503 e. The SMILES string of the molecule is CC(C)(C)Oc1cc(C(=O)O)cc(-n2nc3ccccc3n2)c1O. The van der Waals surface area contributed by atoms with Crippen molar-refractivity contribution in [2.45, 2.75) is 26.4 Å². The highest BCUT2D eigenvalue weighted by molar-refractivity contribution is 5.90. The Morgan fingerprint density at radius 2 is 1.71 bits per heavy atom. The molecule has 7 nitrogen and oxygen atoms in total. The Labute approximate surface area is 138 Å². The fraction of sp³-hybridized carbons (Fsp3) is 0.235. The summed E-state index contributed by atoms with van der Waals surface area (Å²) in [6.07, 6.45) is 0. The molecule has 0 radical (unpaired) electrons. The van der Waals surface area contributed by atoms with Gasteiger partial charge in [-0.25, -0.2) is 4.79 Å². The molecule has 0 saturated carbocycles. The predicted molar refractivity (Wildman–Crippen MR) is 87.9 cm³/mol. The molecule has 7 heteroatoms. The maximum absolute atomic E-state index is 11.4. The van der Waals surface area contributed by atoms with Crippen LogP contribution in [-0.4, -0.2) is 36.8 Å². The lowest BCUT2D eigenvalue weighted by Gasteiger charge is -2.22. The molecule has 2 aromatic carbocycles. The number of phenols is 1. The smallest absolute Gasteiger partial charge is 0.335 e. The molecule has 1 heterocycles. The molecule has 24 heavy (non-hydrogen) atoms. The van der Waals surface area contributed by atoms with E-state index in [4.69, 9.17) is 4.74 Å². The number of hydrogen-bond acceptors (Lipinski definition) is 5. The lowest BCUT2D eigenvalue weighted by Crippen LogP contribution is -2.23. The van der Waals surface area contributed by atoms with Crippen LogP contribution in [0, 0.1) is 0 Å². The molecule has 3 rings (SSSR count). The molecule has 0 bridgehead atoms. The van der Waals surface area contributed by atoms with Crippen molar-refractivity contribution in [1.29, 1.82) is 0 Å². The summed E-state index contributed by atoms with van der Waals surface area (Å²) >= 11 is 0. The van der Waals surface area contributed by atoms with E-state index in [-0.39, 0.29) is 22.7 Å². The third kappa shape index (κ3) is 3.01. The van der Waals surface area contributed by atoms with Gasteiger partial charge in [0.1, 0.15) is 22.3 Å². The number of carbonyl (C=O) groups is 1. The third-order valence-electron chi connectivity index (χ3n) is 3.22. The van der Waals surface area contributed by atoms with Gasteiger partial charge in [0.2, 0.25) is 0 Å². The first-order valence-electron chi connectivity index (χ1n) is 7.36. The number of nitrogens with zero attached hydrogens (tertiary/aromatic N) is 3.